The van der Waals surface area contributed by atoms with E-state index < -0.39 is 5.54 Å². The van der Waals surface area contributed by atoms with Gasteiger partial charge in [0, 0.05) is 39.3 Å². The van der Waals surface area contributed by atoms with E-state index in [9.17, 15) is 4.79 Å². The van der Waals surface area contributed by atoms with Crippen LogP contribution in [0.15, 0.2) is 0 Å². The van der Waals surface area contributed by atoms with Crippen LogP contribution in [0.5, 0.6) is 0 Å². The molecule has 2 aliphatic rings. The molecule has 0 aromatic heterocycles. The van der Waals surface area contributed by atoms with Crippen molar-refractivity contribution in [1.29, 1.82) is 0 Å². The fourth-order valence-corrected chi connectivity index (χ4v) is 3.23. The maximum Gasteiger partial charge on any atom is 0.242 e. The third kappa shape index (κ3) is 3.93. The normalized spacial score (nSPS) is 24.1. The summed E-state index contributed by atoms with van der Waals surface area (Å²) in [4.78, 5) is 19.3. The number of hydrogen-bond acceptors (Lipinski definition) is 4. The first-order chi connectivity index (χ1) is 9.51. The number of rotatable bonds is 4. The molecule has 0 unspecified atom stereocenters. The Kier molecular flexibility index (Phi) is 5.41. The molecule has 1 amide bonds. The third-order valence-electron chi connectivity index (χ3n) is 4.69. The summed E-state index contributed by atoms with van der Waals surface area (Å²) in [6, 6.07) is 0. The lowest BCUT2D eigenvalue weighted by Gasteiger charge is -2.41. The summed E-state index contributed by atoms with van der Waals surface area (Å²) in [5, 5.41) is 0. The molecule has 1 heterocycles. The number of likely N-dealkylation sites (N-methyl/N-ethyl adjacent to an activating group) is 1. The largest absolute Gasteiger partial charge is 0.339 e. The van der Waals surface area contributed by atoms with E-state index in [2.05, 4.69) is 23.9 Å². The van der Waals surface area contributed by atoms with E-state index in [1.807, 2.05) is 4.90 Å². The molecule has 1 aliphatic carbocycles. The average molecular weight is 282 g/mol. The number of hydrogen-bond donors (Lipinski definition) is 1. The van der Waals surface area contributed by atoms with E-state index in [0.717, 1.165) is 65.0 Å². The number of nitrogens with two attached hydrogens (primary N) is 1. The van der Waals surface area contributed by atoms with Gasteiger partial charge in [0.25, 0.3) is 0 Å². The van der Waals surface area contributed by atoms with Crippen molar-refractivity contribution >= 4 is 5.91 Å². The van der Waals surface area contributed by atoms with Gasteiger partial charge >= 0.3 is 0 Å². The number of amides is 1. The first-order valence-corrected chi connectivity index (χ1v) is 7.97. The minimum absolute atomic E-state index is 0.199. The summed E-state index contributed by atoms with van der Waals surface area (Å²) in [6.07, 6.45) is 5.17. The van der Waals surface area contributed by atoms with E-state index in [1.165, 1.54) is 6.42 Å². The molecule has 2 fully saturated rings. The van der Waals surface area contributed by atoms with E-state index in [0.29, 0.717) is 0 Å². The van der Waals surface area contributed by atoms with Crippen LogP contribution >= 0.6 is 0 Å². The minimum Gasteiger partial charge on any atom is -0.339 e. The van der Waals surface area contributed by atoms with Gasteiger partial charge in [-0.1, -0.05) is 19.3 Å². The highest BCUT2D eigenvalue weighted by Crippen LogP contribution is 2.28. The maximum atomic E-state index is 12.6. The van der Waals surface area contributed by atoms with Crippen molar-refractivity contribution in [3.63, 3.8) is 0 Å². The van der Waals surface area contributed by atoms with Crippen LogP contribution in [0, 0.1) is 0 Å². The summed E-state index contributed by atoms with van der Waals surface area (Å²) in [6.45, 7) is 5.80. The molecular formula is C15H30N4O. The van der Waals surface area contributed by atoms with Crippen LogP contribution in [-0.4, -0.2) is 79.5 Å². The number of carbonyl (C=O) groups excluding carboxylic acids is 1. The van der Waals surface area contributed by atoms with E-state index in [1.54, 1.807) is 0 Å². The van der Waals surface area contributed by atoms with Gasteiger partial charge in [-0.15, -0.1) is 0 Å². The lowest BCUT2D eigenvalue weighted by molar-refractivity contribution is -0.140. The Morgan fingerprint density at radius 1 is 1.10 bits per heavy atom. The molecule has 1 aliphatic heterocycles. The fourth-order valence-electron chi connectivity index (χ4n) is 3.23. The fraction of sp³-hybridized carbons (Fsp3) is 0.933. The molecular weight excluding hydrogens is 252 g/mol. The van der Waals surface area contributed by atoms with Crippen LogP contribution < -0.4 is 5.73 Å². The van der Waals surface area contributed by atoms with Crippen LogP contribution in [0.1, 0.15) is 32.1 Å². The van der Waals surface area contributed by atoms with Gasteiger partial charge in [-0.3, -0.25) is 9.69 Å². The van der Waals surface area contributed by atoms with Gasteiger partial charge in [-0.2, -0.15) is 0 Å². The Morgan fingerprint density at radius 3 is 2.25 bits per heavy atom. The molecule has 2 N–H and O–H groups in total. The van der Waals surface area contributed by atoms with Gasteiger partial charge in [0.1, 0.15) is 0 Å². The highest BCUT2D eigenvalue weighted by Gasteiger charge is 2.39. The van der Waals surface area contributed by atoms with Crippen molar-refractivity contribution in [1.82, 2.24) is 14.7 Å². The van der Waals surface area contributed by atoms with Gasteiger partial charge in [0.05, 0.1) is 5.54 Å². The first kappa shape index (κ1) is 15.7. The molecule has 1 saturated carbocycles. The SMILES string of the molecule is CN(C)CCN1CCN(C(=O)C2(N)CCCCC2)CC1. The third-order valence-corrected chi connectivity index (χ3v) is 4.69. The number of carbonyl (C=O) groups is 1. The van der Waals surface area contributed by atoms with Crippen molar-refractivity contribution in [3.8, 4) is 0 Å². The summed E-state index contributed by atoms with van der Waals surface area (Å²) in [7, 11) is 4.20. The Balaban J connectivity index is 1.79. The van der Waals surface area contributed by atoms with Gasteiger partial charge in [0.2, 0.25) is 5.91 Å². The predicted octanol–water partition coefficient (Wildman–Crippen LogP) is 0.354. The molecule has 5 heteroatoms. The second kappa shape index (κ2) is 6.87. The van der Waals surface area contributed by atoms with E-state index >= 15 is 0 Å². The summed E-state index contributed by atoms with van der Waals surface area (Å²) >= 11 is 0. The smallest absolute Gasteiger partial charge is 0.242 e. The molecule has 0 atom stereocenters. The average Bonchev–Trinajstić information content (AvgIpc) is 2.45. The highest BCUT2D eigenvalue weighted by molar-refractivity contribution is 5.86. The Hall–Kier alpha value is -0.650. The standard InChI is InChI=1S/C15H30N4O/c1-17(2)8-9-18-10-12-19(13-11-18)14(20)15(16)6-4-3-5-7-15/h3-13,16H2,1-2H3. The first-order valence-electron chi connectivity index (χ1n) is 7.97. The van der Waals surface area contributed by atoms with Crippen LogP contribution in [0.25, 0.3) is 0 Å². The molecule has 0 bridgehead atoms. The zero-order valence-corrected chi connectivity index (χ0v) is 13.1. The number of nitrogens with zero attached hydrogens (tertiary/aromatic N) is 3. The predicted molar refractivity (Wildman–Crippen MR) is 81.6 cm³/mol. The summed E-state index contributed by atoms with van der Waals surface area (Å²) in [5.41, 5.74) is 5.79. The van der Waals surface area contributed by atoms with Gasteiger partial charge < -0.3 is 15.5 Å². The Labute approximate surface area is 123 Å². The quantitative estimate of drug-likeness (QED) is 0.808. The molecule has 116 valence electrons. The van der Waals surface area contributed by atoms with Crippen LogP contribution in [0.3, 0.4) is 0 Å². The van der Waals surface area contributed by atoms with E-state index in [4.69, 9.17) is 5.73 Å². The number of piperazine rings is 1. The summed E-state index contributed by atoms with van der Waals surface area (Å²) < 4.78 is 0. The van der Waals surface area contributed by atoms with E-state index in [-0.39, 0.29) is 5.91 Å². The monoisotopic (exact) mass is 282 g/mol. The van der Waals surface area contributed by atoms with Crippen LogP contribution in [0.4, 0.5) is 0 Å². The van der Waals surface area contributed by atoms with Crippen molar-refractivity contribution in [2.45, 2.75) is 37.6 Å². The second-order valence-electron chi connectivity index (χ2n) is 6.65. The van der Waals surface area contributed by atoms with Crippen molar-refractivity contribution < 1.29 is 4.79 Å². The molecule has 20 heavy (non-hydrogen) atoms. The molecule has 1 saturated heterocycles. The van der Waals surface area contributed by atoms with Gasteiger partial charge in [0.15, 0.2) is 0 Å². The molecule has 5 nitrogen and oxygen atoms in total. The second-order valence-corrected chi connectivity index (χ2v) is 6.65. The van der Waals surface area contributed by atoms with Gasteiger partial charge in [-0.25, -0.2) is 0 Å². The Morgan fingerprint density at radius 2 is 1.70 bits per heavy atom. The molecule has 0 spiro atoms. The zero-order chi connectivity index (χ0) is 14.6. The van der Waals surface area contributed by atoms with Crippen molar-refractivity contribution in [2.24, 2.45) is 5.73 Å². The molecule has 2 rings (SSSR count). The lowest BCUT2D eigenvalue weighted by atomic mass is 9.81. The maximum absolute atomic E-state index is 12.6. The lowest BCUT2D eigenvalue weighted by Crippen LogP contribution is -2.60. The van der Waals surface area contributed by atoms with Crippen LogP contribution in [0.2, 0.25) is 0 Å². The highest BCUT2D eigenvalue weighted by atomic mass is 16.2. The molecule has 0 aromatic carbocycles. The Bertz CT molecular complexity index is 318. The molecule has 0 radical (unpaired) electrons. The van der Waals surface area contributed by atoms with Crippen molar-refractivity contribution in [3.05, 3.63) is 0 Å². The van der Waals surface area contributed by atoms with Crippen LogP contribution in [-0.2, 0) is 4.79 Å². The van der Waals surface area contributed by atoms with Gasteiger partial charge in [-0.05, 0) is 26.9 Å². The topological polar surface area (TPSA) is 52.8 Å². The zero-order valence-electron chi connectivity index (χ0n) is 13.1. The van der Waals surface area contributed by atoms with Crippen molar-refractivity contribution in [2.75, 3.05) is 53.4 Å². The summed E-state index contributed by atoms with van der Waals surface area (Å²) in [5.74, 6) is 0.199. The minimum atomic E-state index is -0.565. The molecule has 0 aromatic rings.